The van der Waals surface area contributed by atoms with Crippen molar-refractivity contribution >= 4 is 26.6 Å². The van der Waals surface area contributed by atoms with Crippen LogP contribution in [0.3, 0.4) is 0 Å². The Labute approximate surface area is 279 Å². The van der Waals surface area contributed by atoms with Gasteiger partial charge >= 0.3 is 0 Å². The molecule has 4 aliphatic rings. The number of rotatable bonds is 10. The van der Waals surface area contributed by atoms with Gasteiger partial charge in [0, 0.05) is 5.56 Å². The van der Waals surface area contributed by atoms with E-state index in [1.807, 2.05) is 0 Å². The predicted octanol–water partition coefficient (Wildman–Crippen LogP) is 13.5. The molecule has 4 saturated carbocycles. The number of nitrogens with zero attached hydrogens (tertiary/aromatic N) is 1. The largest absolute Gasteiger partial charge is 0.274 e. The molecule has 0 saturated heterocycles. The molecule has 0 atom stereocenters. The number of hydrogen-bond donors (Lipinski definition) is 0. The lowest BCUT2D eigenvalue weighted by Gasteiger charge is -2.41. The molecule has 0 heterocycles. The third-order valence-electron chi connectivity index (χ3n) is 11.4. The highest BCUT2D eigenvalue weighted by Gasteiger charge is 2.38. The highest BCUT2D eigenvalue weighted by molar-refractivity contribution is 7.77. The van der Waals surface area contributed by atoms with Gasteiger partial charge in [-0.1, -0.05) is 146 Å². The van der Waals surface area contributed by atoms with E-state index in [0.717, 1.165) is 22.6 Å². The second-order valence-electron chi connectivity index (χ2n) is 15.3. The third-order valence-corrected chi connectivity index (χ3v) is 18.4. The molecule has 3 heteroatoms. The van der Waals surface area contributed by atoms with E-state index in [-0.39, 0.29) is 21.4 Å². The van der Waals surface area contributed by atoms with E-state index in [0.29, 0.717) is 0 Å². The molecule has 4 aliphatic carbocycles. The van der Waals surface area contributed by atoms with Gasteiger partial charge < -0.3 is 0 Å². The van der Waals surface area contributed by atoms with Crippen LogP contribution < -0.4 is 0 Å². The Bertz CT molecular complexity index is 1080. The summed E-state index contributed by atoms with van der Waals surface area (Å²) in [5.74, 6) is 0. The van der Waals surface area contributed by atoms with Gasteiger partial charge in [-0.15, -0.1) is 0 Å². The van der Waals surface area contributed by atoms with Gasteiger partial charge in [0.05, 0.1) is 11.0 Å². The summed E-state index contributed by atoms with van der Waals surface area (Å²) < 4.78 is 0. The van der Waals surface area contributed by atoms with Crippen LogP contribution in [0.15, 0.2) is 71.7 Å². The maximum Gasteiger partial charge on any atom is 0.0748 e. The zero-order valence-corrected chi connectivity index (χ0v) is 30.4. The van der Waals surface area contributed by atoms with Crippen molar-refractivity contribution < 1.29 is 0 Å². The Morgan fingerprint density at radius 1 is 0.511 bits per heavy atom. The first kappa shape index (κ1) is 33.6. The summed E-state index contributed by atoms with van der Waals surface area (Å²) in [5, 5.41) is 1.70. The molecule has 0 amide bonds. The van der Waals surface area contributed by atoms with E-state index in [1.165, 1.54) is 145 Å². The van der Waals surface area contributed by atoms with Gasteiger partial charge in [-0.3, -0.25) is 4.99 Å². The molecule has 2 aromatic rings. The molecule has 0 spiro atoms. The molecule has 0 aliphatic heterocycles. The summed E-state index contributed by atoms with van der Waals surface area (Å²) in [6, 6.07) is 23.2. The highest BCUT2D eigenvalue weighted by atomic mass is 31.1. The summed E-state index contributed by atoms with van der Waals surface area (Å²) in [5.41, 5.74) is 7.67. The van der Waals surface area contributed by atoms with Gasteiger partial charge in [-0.25, -0.2) is 0 Å². The number of benzene rings is 2. The van der Waals surface area contributed by atoms with Gasteiger partial charge in [0.25, 0.3) is 0 Å². The normalized spacial score (nSPS) is 22.8. The van der Waals surface area contributed by atoms with E-state index in [2.05, 4.69) is 80.6 Å². The number of hydrogen-bond acceptors (Lipinski definition) is 1. The van der Waals surface area contributed by atoms with Crippen LogP contribution >= 0.6 is 15.8 Å². The Morgan fingerprint density at radius 3 is 1.27 bits per heavy atom. The number of aliphatic imine (C=N–C) groups is 1. The van der Waals surface area contributed by atoms with Crippen molar-refractivity contribution in [3.05, 3.63) is 77.9 Å². The van der Waals surface area contributed by atoms with Crippen LogP contribution in [0.4, 0.5) is 0 Å². The summed E-state index contributed by atoms with van der Waals surface area (Å²) in [6.45, 7) is 4.92. The lowest BCUT2D eigenvalue weighted by atomic mass is 9.99. The lowest BCUT2D eigenvalue weighted by molar-refractivity contribution is 0.487. The summed E-state index contributed by atoms with van der Waals surface area (Å²) in [7, 11) is -0.517. The van der Waals surface area contributed by atoms with Crippen LogP contribution in [0.2, 0.25) is 0 Å². The van der Waals surface area contributed by atoms with Crippen molar-refractivity contribution in [2.75, 3.05) is 0 Å². The monoisotopic (exact) mass is 641 g/mol. The van der Waals surface area contributed by atoms with E-state index in [4.69, 9.17) is 4.99 Å². The van der Waals surface area contributed by atoms with Crippen molar-refractivity contribution in [2.24, 2.45) is 4.99 Å². The Morgan fingerprint density at radius 2 is 0.867 bits per heavy atom. The first-order valence-corrected chi connectivity index (χ1v) is 22.1. The predicted molar refractivity (Wildman–Crippen MR) is 203 cm³/mol. The fraction of sp³-hybridized carbons (Fsp3) is 0.643. The molecule has 6 rings (SSSR count). The van der Waals surface area contributed by atoms with Gasteiger partial charge in [0.15, 0.2) is 0 Å². The molecule has 0 N–H and O–H groups in total. The van der Waals surface area contributed by atoms with Crippen molar-refractivity contribution in [2.45, 2.75) is 170 Å². The second-order valence-corrected chi connectivity index (χ2v) is 20.8. The lowest BCUT2D eigenvalue weighted by Crippen LogP contribution is -2.27. The van der Waals surface area contributed by atoms with Crippen LogP contribution in [-0.4, -0.2) is 33.6 Å². The van der Waals surface area contributed by atoms with Gasteiger partial charge in [0.1, 0.15) is 0 Å². The molecule has 1 nitrogen and oxygen atoms in total. The molecule has 0 bridgehead atoms. The quantitative estimate of drug-likeness (QED) is 0.181. The van der Waals surface area contributed by atoms with E-state index >= 15 is 0 Å². The van der Waals surface area contributed by atoms with Crippen LogP contribution in [0.5, 0.6) is 0 Å². The molecule has 0 unspecified atom stereocenters. The third kappa shape index (κ3) is 8.99. The average Bonchev–Trinajstić information content (AvgIpc) is 3.10. The smallest absolute Gasteiger partial charge is 0.0748 e. The molecule has 0 aromatic heterocycles. The molecule has 244 valence electrons. The van der Waals surface area contributed by atoms with E-state index < -0.39 is 0 Å². The SMILES string of the molecule is CC(C)(C=C(c1ccccc1)P(C1CCCCC1)C1CCCCC1)N=C(c1ccccc1)P(C1CCCCC1)C1CCCCC1. The Balaban J connectivity index is 1.46. The summed E-state index contributed by atoms with van der Waals surface area (Å²) in [6.07, 6.45) is 31.4. The first-order valence-electron chi connectivity index (χ1n) is 19.1. The van der Waals surface area contributed by atoms with Crippen molar-refractivity contribution in [1.29, 1.82) is 0 Å². The Hall–Kier alpha value is -1.29. The summed E-state index contributed by atoms with van der Waals surface area (Å²) in [4.78, 5) is 6.05. The molecular weight excluding hydrogens is 580 g/mol. The molecule has 0 radical (unpaired) electrons. The van der Waals surface area contributed by atoms with E-state index in [9.17, 15) is 0 Å². The van der Waals surface area contributed by atoms with Crippen molar-refractivity contribution in [3.8, 4) is 0 Å². The van der Waals surface area contributed by atoms with Gasteiger partial charge in [-0.2, -0.15) is 0 Å². The minimum Gasteiger partial charge on any atom is -0.274 e. The van der Waals surface area contributed by atoms with Crippen LogP contribution in [0.1, 0.15) is 153 Å². The average molecular weight is 642 g/mol. The van der Waals surface area contributed by atoms with Gasteiger partial charge in [0.2, 0.25) is 0 Å². The zero-order chi connectivity index (χ0) is 30.9. The maximum absolute atomic E-state index is 6.05. The van der Waals surface area contributed by atoms with Crippen LogP contribution in [0, 0.1) is 0 Å². The maximum atomic E-state index is 6.05. The van der Waals surface area contributed by atoms with Crippen molar-refractivity contribution in [1.82, 2.24) is 0 Å². The molecule has 45 heavy (non-hydrogen) atoms. The minimum absolute atomic E-state index is 0.223. The summed E-state index contributed by atoms with van der Waals surface area (Å²) >= 11 is 0. The fourth-order valence-corrected chi connectivity index (χ4v) is 17.3. The van der Waals surface area contributed by atoms with Gasteiger partial charge in [-0.05, 0) is 113 Å². The van der Waals surface area contributed by atoms with E-state index in [1.54, 1.807) is 5.31 Å². The molecule has 2 aromatic carbocycles. The van der Waals surface area contributed by atoms with Crippen LogP contribution in [-0.2, 0) is 0 Å². The molecule has 4 fully saturated rings. The van der Waals surface area contributed by atoms with Crippen molar-refractivity contribution in [3.63, 3.8) is 0 Å². The topological polar surface area (TPSA) is 12.4 Å². The zero-order valence-electron chi connectivity index (χ0n) is 28.6. The first-order chi connectivity index (χ1) is 22.1. The standard InChI is InChI=1S/C42H61NP2/c1-42(2,33-40(34-21-9-3-10-22-34)44(36-25-13-5-14-26-36)37-27-15-6-16-28-37)43-41(35-23-11-4-12-24-35)45(38-29-17-7-18-30-38)39-31-19-8-20-32-39/h3-4,9-12,21-24,33,36-39H,5-8,13-20,25-32H2,1-2H3. The Kier molecular flexibility index (Phi) is 12.5. The fourth-order valence-electron chi connectivity index (χ4n) is 9.19. The molecular formula is C42H61NP2. The highest BCUT2D eigenvalue weighted by Crippen LogP contribution is 2.65. The van der Waals surface area contributed by atoms with Crippen LogP contribution in [0.25, 0.3) is 5.31 Å². The second kappa shape index (κ2) is 16.7. The minimum atomic E-state index is -0.294.